The number of carbonyl (C=O) groups is 3. The molecule has 2 rings (SSSR count). The van der Waals surface area contributed by atoms with E-state index in [1.165, 1.54) is 6.39 Å². The Morgan fingerprint density at radius 3 is 2.54 bits per heavy atom. The number of thioether (sulfide) groups is 1. The van der Waals surface area contributed by atoms with Gasteiger partial charge in [0.2, 0.25) is 11.8 Å². The van der Waals surface area contributed by atoms with E-state index in [-0.39, 0.29) is 22.7 Å². The smallest absolute Gasteiger partial charge is 0.230 e. The van der Waals surface area contributed by atoms with Crippen LogP contribution in [0.4, 0.5) is 5.69 Å². The quantitative estimate of drug-likeness (QED) is 0.556. The molecule has 2 aromatic rings. The highest BCUT2D eigenvalue weighted by Crippen LogP contribution is 2.20. The van der Waals surface area contributed by atoms with Crippen molar-refractivity contribution in [1.82, 2.24) is 10.3 Å². The molecule has 28 heavy (non-hydrogen) atoms. The van der Waals surface area contributed by atoms with Gasteiger partial charge in [-0.1, -0.05) is 25.1 Å². The maximum atomic E-state index is 12.0. The van der Waals surface area contributed by atoms with Gasteiger partial charge in [-0.2, -0.15) is 0 Å². The summed E-state index contributed by atoms with van der Waals surface area (Å²) in [4.78, 5) is 38.6. The molecule has 0 atom stereocenters. The predicted octanol–water partition coefficient (Wildman–Crippen LogP) is 3.63. The zero-order chi connectivity index (χ0) is 20.2. The molecule has 0 unspecified atom stereocenters. The van der Waals surface area contributed by atoms with E-state index >= 15 is 0 Å². The van der Waals surface area contributed by atoms with E-state index < -0.39 is 0 Å². The summed E-state index contributed by atoms with van der Waals surface area (Å²) in [5.74, 6) is 0.689. The Labute approximate surface area is 168 Å². The number of nitrogens with zero attached hydrogens (tertiary/aromatic N) is 1. The second-order valence-corrected chi connectivity index (χ2v) is 7.20. The van der Waals surface area contributed by atoms with E-state index in [4.69, 9.17) is 4.42 Å². The number of unbranched alkanes of at least 4 members (excludes halogenated alkanes) is 2. The van der Waals surface area contributed by atoms with Gasteiger partial charge in [-0.15, -0.1) is 0 Å². The predicted molar refractivity (Wildman–Crippen MR) is 110 cm³/mol. The van der Waals surface area contributed by atoms with Crippen molar-refractivity contribution < 1.29 is 18.8 Å². The third kappa shape index (κ3) is 7.96. The number of hydrogen-bond donors (Lipinski definition) is 2. The third-order valence-electron chi connectivity index (χ3n) is 3.94. The van der Waals surface area contributed by atoms with Gasteiger partial charge in [-0.3, -0.25) is 14.4 Å². The van der Waals surface area contributed by atoms with Crippen molar-refractivity contribution in [2.45, 2.75) is 39.0 Å². The first kappa shape index (κ1) is 21.7. The topological polar surface area (TPSA) is 101 Å². The molecule has 1 aromatic carbocycles. The van der Waals surface area contributed by atoms with Gasteiger partial charge in [0.1, 0.15) is 0 Å². The second kappa shape index (κ2) is 12.0. The molecule has 2 amide bonds. The standard InChI is InChI=1S/C20H25N3O4S/c1-2-20(26)28-13-19(25)22-11-5-3-4-6-18(24)23-16-9-7-15(8-10-16)17-12-21-14-27-17/h7-10,12,14H,2-6,11,13H2,1H3,(H,22,25)(H,23,24). The van der Waals surface area contributed by atoms with Gasteiger partial charge < -0.3 is 15.1 Å². The van der Waals surface area contributed by atoms with Gasteiger partial charge in [0, 0.05) is 30.6 Å². The van der Waals surface area contributed by atoms with Gasteiger partial charge in [-0.25, -0.2) is 4.98 Å². The van der Waals surface area contributed by atoms with Gasteiger partial charge >= 0.3 is 0 Å². The van der Waals surface area contributed by atoms with Crippen LogP contribution in [-0.2, 0) is 14.4 Å². The summed E-state index contributed by atoms with van der Waals surface area (Å²) in [7, 11) is 0. The number of nitrogens with one attached hydrogen (secondary N) is 2. The minimum atomic E-state index is -0.127. The summed E-state index contributed by atoms with van der Waals surface area (Å²) in [5, 5.41) is 5.67. The molecule has 2 N–H and O–H groups in total. The Morgan fingerprint density at radius 1 is 1.07 bits per heavy atom. The average molecular weight is 404 g/mol. The van der Waals surface area contributed by atoms with Crippen LogP contribution in [0.1, 0.15) is 39.0 Å². The molecule has 0 saturated heterocycles. The van der Waals surface area contributed by atoms with Crippen LogP contribution in [0.15, 0.2) is 41.3 Å². The number of carbonyl (C=O) groups excluding carboxylic acids is 3. The fourth-order valence-corrected chi connectivity index (χ4v) is 3.01. The summed E-state index contributed by atoms with van der Waals surface area (Å²) in [6, 6.07) is 7.38. The van der Waals surface area contributed by atoms with E-state index in [2.05, 4.69) is 15.6 Å². The lowest BCUT2D eigenvalue weighted by Crippen LogP contribution is -2.26. The number of rotatable bonds is 11. The van der Waals surface area contributed by atoms with Crippen LogP contribution in [0.3, 0.4) is 0 Å². The van der Waals surface area contributed by atoms with Gasteiger partial charge in [0.25, 0.3) is 0 Å². The number of hydrogen-bond acceptors (Lipinski definition) is 6. The summed E-state index contributed by atoms with van der Waals surface area (Å²) in [6.07, 6.45) is 6.28. The number of aromatic nitrogens is 1. The molecule has 7 nitrogen and oxygen atoms in total. The van der Waals surface area contributed by atoms with Crippen molar-refractivity contribution >= 4 is 34.4 Å². The molecule has 0 aliphatic heterocycles. The molecule has 0 fully saturated rings. The Morgan fingerprint density at radius 2 is 1.86 bits per heavy atom. The molecular weight excluding hydrogens is 378 g/mol. The summed E-state index contributed by atoms with van der Waals surface area (Å²) in [5.41, 5.74) is 1.63. The number of amides is 2. The van der Waals surface area contributed by atoms with E-state index in [1.807, 2.05) is 24.3 Å². The van der Waals surface area contributed by atoms with Crippen molar-refractivity contribution in [2.75, 3.05) is 17.6 Å². The van der Waals surface area contributed by atoms with Gasteiger partial charge in [0.15, 0.2) is 17.3 Å². The van der Waals surface area contributed by atoms with Crippen molar-refractivity contribution in [3.05, 3.63) is 36.9 Å². The van der Waals surface area contributed by atoms with Crippen LogP contribution in [0, 0.1) is 0 Å². The van der Waals surface area contributed by atoms with Crippen LogP contribution < -0.4 is 10.6 Å². The average Bonchev–Trinajstić information content (AvgIpc) is 3.24. The highest BCUT2D eigenvalue weighted by Gasteiger charge is 2.06. The van der Waals surface area contributed by atoms with E-state index in [0.717, 1.165) is 42.3 Å². The SMILES string of the molecule is CCC(=O)SCC(=O)NCCCCCC(=O)Nc1ccc(-c2cnco2)cc1. The minimum absolute atomic E-state index is 0.0220. The Bertz CT molecular complexity index is 760. The number of benzene rings is 1. The zero-order valence-corrected chi connectivity index (χ0v) is 16.7. The zero-order valence-electron chi connectivity index (χ0n) is 15.9. The fraction of sp³-hybridized carbons (Fsp3) is 0.400. The molecule has 0 aliphatic carbocycles. The molecular formula is C20H25N3O4S. The first-order valence-electron chi connectivity index (χ1n) is 9.29. The monoisotopic (exact) mass is 403 g/mol. The third-order valence-corrected chi connectivity index (χ3v) is 4.96. The number of anilines is 1. The molecule has 0 saturated carbocycles. The van der Waals surface area contributed by atoms with Crippen molar-refractivity contribution in [3.8, 4) is 11.3 Å². The van der Waals surface area contributed by atoms with E-state index in [0.29, 0.717) is 25.1 Å². The van der Waals surface area contributed by atoms with Crippen LogP contribution in [0.5, 0.6) is 0 Å². The van der Waals surface area contributed by atoms with Gasteiger partial charge in [-0.05, 0) is 37.1 Å². The van der Waals surface area contributed by atoms with Crippen molar-refractivity contribution in [1.29, 1.82) is 0 Å². The molecule has 0 aliphatic rings. The Kier molecular flexibility index (Phi) is 9.27. The molecule has 1 aromatic heterocycles. The molecule has 8 heteroatoms. The molecule has 0 bridgehead atoms. The highest BCUT2D eigenvalue weighted by atomic mass is 32.2. The normalized spacial score (nSPS) is 10.5. The van der Waals surface area contributed by atoms with Crippen LogP contribution in [-0.4, -0.2) is 34.2 Å². The van der Waals surface area contributed by atoms with Gasteiger partial charge in [0.05, 0.1) is 11.9 Å². The highest BCUT2D eigenvalue weighted by molar-refractivity contribution is 8.14. The molecule has 150 valence electrons. The Balaban J connectivity index is 1.55. The lowest BCUT2D eigenvalue weighted by molar-refractivity contribution is -0.119. The largest absolute Gasteiger partial charge is 0.444 e. The summed E-state index contributed by atoms with van der Waals surface area (Å²) in [6.45, 7) is 2.33. The number of oxazole rings is 1. The lowest BCUT2D eigenvalue weighted by atomic mass is 10.1. The molecule has 0 spiro atoms. The molecule has 1 heterocycles. The summed E-state index contributed by atoms with van der Waals surface area (Å²) >= 11 is 1.05. The van der Waals surface area contributed by atoms with Crippen LogP contribution in [0.2, 0.25) is 0 Å². The fourth-order valence-electron chi connectivity index (χ4n) is 2.41. The molecule has 0 radical (unpaired) electrons. The van der Waals surface area contributed by atoms with Crippen LogP contribution in [0.25, 0.3) is 11.3 Å². The van der Waals surface area contributed by atoms with Crippen LogP contribution >= 0.6 is 11.8 Å². The first-order chi connectivity index (χ1) is 13.6. The lowest BCUT2D eigenvalue weighted by Gasteiger charge is -2.07. The van der Waals surface area contributed by atoms with E-state index in [9.17, 15) is 14.4 Å². The second-order valence-electron chi connectivity index (χ2n) is 6.17. The summed E-state index contributed by atoms with van der Waals surface area (Å²) < 4.78 is 5.23. The van der Waals surface area contributed by atoms with Crippen molar-refractivity contribution in [2.24, 2.45) is 0 Å². The van der Waals surface area contributed by atoms with Crippen molar-refractivity contribution in [3.63, 3.8) is 0 Å². The Hall–Kier alpha value is -2.61. The maximum absolute atomic E-state index is 12.0. The maximum Gasteiger partial charge on any atom is 0.230 e. The van der Waals surface area contributed by atoms with E-state index in [1.54, 1.807) is 13.1 Å². The minimum Gasteiger partial charge on any atom is -0.444 e. The first-order valence-corrected chi connectivity index (χ1v) is 10.3.